The van der Waals surface area contributed by atoms with Crippen molar-refractivity contribution < 1.29 is 0 Å². The molecule has 1 aliphatic heterocycles. The van der Waals surface area contributed by atoms with Gasteiger partial charge in [0.25, 0.3) is 0 Å². The average molecular weight is 128 g/mol. The molecule has 0 aromatic carbocycles. The minimum Gasteiger partial charge on any atom is -0.276 e. The van der Waals surface area contributed by atoms with Gasteiger partial charge in [-0.2, -0.15) is 0 Å². The predicted octanol–water partition coefficient (Wildman–Crippen LogP) is 2.09. The maximum Gasteiger partial charge on any atom is 0.0966 e. The molecule has 0 aromatic heterocycles. The van der Waals surface area contributed by atoms with Crippen molar-refractivity contribution in [3.05, 3.63) is 6.04 Å². The fourth-order valence-corrected chi connectivity index (χ4v) is 1.58. The number of rotatable bonds is 1. The summed E-state index contributed by atoms with van der Waals surface area (Å²) in [5, 5.41) is 0.676. The molecule has 0 saturated heterocycles. The van der Waals surface area contributed by atoms with E-state index in [1.54, 1.807) is 0 Å². The molecule has 1 atom stereocenters. The molecule has 1 rings (SSSR count). The highest BCUT2D eigenvalue weighted by molar-refractivity contribution is 8.13. The first-order chi connectivity index (χ1) is 3.84. The Morgan fingerprint density at radius 1 is 1.88 bits per heavy atom. The van der Waals surface area contributed by atoms with Gasteiger partial charge in [-0.3, -0.25) is 4.99 Å². The van der Waals surface area contributed by atoms with Gasteiger partial charge in [-0.25, -0.2) is 0 Å². The summed E-state index contributed by atoms with van der Waals surface area (Å²) in [4.78, 5) is 4.14. The summed E-state index contributed by atoms with van der Waals surface area (Å²) in [5.41, 5.74) is 1.93. The summed E-state index contributed by atoms with van der Waals surface area (Å²) in [6.45, 7) is 4.28. The Balaban J connectivity index is 2.38. The van der Waals surface area contributed by atoms with Crippen LogP contribution in [0, 0.1) is 6.04 Å². The van der Waals surface area contributed by atoms with Gasteiger partial charge in [0.2, 0.25) is 0 Å². The van der Waals surface area contributed by atoms with E-state index in [4.69, 9.17) is 0 Å². The molecule has 1 nitrogen and oxygen atoms in total. The highest BCUT2D eigenvalue weighted by atomic mass is 32.2. The average Bonchev–Trinajstić information content (AvgIpc) is 2.14. The van der Waals surface area contributed by atoms with Gasteiger partial charge < -0.3 is 0 Å². The Labute approximate surface area is 54.6 Å². The van der Waals surface area contributed by atoms with Crippen LogP contribution in [0.1, 0.15) is 20.3 Å². The van der Waals surface area contributed by atoms with Gasteiger partial charge in [-0.1, -0.05) is 6.92 Å². The summed E-state index contributed by atoms with van der Waals surface area (Å²) in [6, 6.07) is 1.28. The first-order valence-electron chi connectivity index (χ1n) is 2.86. The Morgan fingerprint density at radius 2 is 2.62 bits per heavy atom. The van der Waals surface area contributed by atoms with Gasteiger partial charge in [-0.05, 0) is 13.3 Å². The molecule has 0 bridgehead atoms. The van der Waals surface area contributed by atoms with Crippen molar-refractivity contribution in [2.24, 2.45) is 4.99 Å². The van der Waals surface area contributed by atoms with Crippen LogP contribution in [0.15, 0.2) is 4.99 Å². The second kappa shape index (κ2) is 2.53. The summed E-state index contributed by atoms with van der Waals surface area (Å²) in [5.74, 6) is 0. The van der Waals surface area contributed by atoms with E-state index in [-0.39, 0.29) is 0 Å². The van der Waals surface area contributed by atoms with Crippen LogP contribution in [0.4, 0.5) is 0 Å². The maximum absolute atomic E-state index is 4.14. The van der Waals surface area contributed by atoms with Gasteiger partial charge in [0, 0.05) is 5.25 Å². The summed E-state index contributed by atoms with van der Waals surface area (Å²) < 4.78 is 0. The monoisotopic (exact) mass is 128 g/mol. The number of aliphatic imine (C=N–C) groups is 1. The minimum absolute atomic E-state index is 0.676. The van der Waals surface area contributed by atoms with Gasteiger partial charge in [0.1, 0.15) is 0 Å². The third kappa shape index (κ3) is 1.05. The van der Waals surface area contributed by atoms with Crippen molar-refractivity contribution in [1.29, 1.82) is 0 Å². The molecule has 0 aromatic rings. The van der Waals surface area contributed by atoms with Crippen molar-refractivity contribution >= 4 is 17.3 Å². The van der Waals surface area contributed by atoms with Crippen LogP contribution in [-0.4, -0.2) is 10.8 Å². The number of hydrogen-bond donors (Lipinski definition) is 0. The highest BCUT2D eigenvalue weighted by Gasteiger charge is 2.18. The second-order valence-corrected chi connectivity index (χ2v) is 2.96. The Kier molecular flexibility index (Phi) is 1.95. The molecule has 2 heteroatoms. The smallest absolute Gasteiger partial charge is 0.0966 e. The first-order valence-corrected chi connectivity index (χ1v) is 3.80. The minimum atomic E-state index is 0.676. The maximum atomic E-state index is 4.14. The molecule has 1 unspecified atom stereocenters. The van der Waals surface area contributed by atoms with Gasteiger partial charge in [0.05, 0.1) is 11.6 Å². The fraction of sp³-hybridized carbons (Fsp3) is 0.667. The highest BCUT2D eigenvalue weighted by Crippen LogP contribution is 2.29. The third-order valence-electron chi connectivity index (χ3n) is 1.32. The number of nitrogens with zero attached hydrogens (tertiary/aromatic N) is 1. The fourth-order valence-electron chi connectivity index (χ4n) is 0.760. The number of thioether (sulfide) groups is 1. The van der Waals surface area contributed by atoms with Crippen molar-refractivity contribution in [3.63, 3.8) is 0 Å². The Morgan fingerprint density at radius 3 is 2.88 bits per heavy atom. The second-order valence-electron chi connectivity index (χ2n) is 1.91. The van der Waals surface area contributed by atoms with E-state index >= 15 is 0 Å². The first kappa shape index (κ1) is 6.14. The van der Waals surface area contributed by atoms with Crippen molar-refractivity contribution in [3.8, 4) is 0 Å². The van der Waals surface area contributed by atoms with Crippen LogP contribution >= 0.6 is 11.8 Å². The molecular weight excluding hydrogens is 118 g/mol. The molecule has 0 saturated carbocycles. The topological polar surface area (TPSA) is 12.4 Å². The van der Waals surface area contributed by atoms with E-state index < -0.39 is 0 Å². The quantitative estimate of drug-likeness (QED) is 0.526. The largest absolute Gasteiger partial charge is 0.276 e. The zero-order valence-electron chi connectivity index (χ0n) is 5.22. The normalized spacial score (nSPS) is 29.5. The summed E-state index contributed by atoms with van der Waals surface area (Å²) in [7, 11) is 0. The van der Waals surface area contributed by atoms with Gasteiger partial charge in [-0.15, -0.1) is 11.8 Å². The van der Waals surface area contributed by atoms with Crippen molar-refractivity contribution in [2.45, 2.75) is 25.5 Å². The van der Waals surface area contributed by atoms with Crippen LogP contribution in [0.3, 0.4) is 0 Å². The molecule has 0 aliphatic carbocycles. The molecule has 0 amide bonds. The lowest BCUT2D eigenvalue weighted by atomic mass is 10.2. The van der Waals surface area contributed by atoms with Crippen molar-refractivity contribution in [2.75, 3.05) is 0 Å². The molecule has 45 valence electrons. The van der Waals surface area contributed by atoms with E-state index in [1.165, 1.54) is 12.5 Å². The van der Waals surface area contributed by atoms with Crippen LogP contribution in [0.2, 0.25) is 0 Å². The van der Waals surface area contributed by atoms with Gasteiger partial charge in [0.15, 0.2) is 0 Å². The molecular formula is C6H10NS. The lowest BCUT2D eigenvalue weighted by Crippen LogP contribution is -2.02. The molecule has 1 aliphatic rings. The van der Waals surface area contributed by atoms with Crippen LogP contribution in [-0.2, 0) is 0 Å². The number of hydrogen-bond acceptors (Lipinski definition) is 2. The zero-order chi connectivity index (χ0) is 5.98. The van der Waals surface area contributed by atoms with E-state index in [0.717, 1.165) is 0 Å². The van der Waals surface area contributed by atoms with E-state index in [9.17, 15) is 0 Å². The standard InChI is InChI=1S/C6H10NS/c1-3-6-5(2)7-4-8-6/h4,6H,3H2,1-2H3. The third-order valence-corrected chi connectivity index (χ3v) is 2.55. The zero-order valence-corrected chi connectivity index (χ0v) is 6.03. The van der Waals surface area contributed by atoms with Crippen molar-refractivity contribution in [1.82, 2.24) is 0 Å². The lowest BCUT2D eigenvalue weighted by Gasteiger charge is -2.06. The molecule has 0 N–H and O–H groups in total. The van der Waals surface area contributed by atoms with Crippen LogP contribution < -0.4 is 0 Å². The van der Waals surface area contributed by atoms with Crippen LogP contribution in [0.25, 0.3) is 0 Å². The SMILES string of the molecule is CCC1SC=N[C]1C. The Hall–Kier alpha value is 0.0200. The van der Waals surface area contributed by atoms with Gasteiger partial charge >= 0.3 is 0 Å². The molecule has 8 heavy (non-hydrogen) atoms. The lowest BCUT2D eigenvalue weighted by molar-refractivity contribution is 0.822. The molecule has 1 heterocycles. The molecule has 0 fully saturated rings. The molecule has 0 spiro atoms. The Bertz CT molecular complexity index is 101. The van der Waals surface area contributed by atoms with E-state index in [2.05, 4.69) is 18.8 Å². The summed E-state index contributed by atoms with van der Waals surface area (Å²) in [6.07, 6.45) is 1.20. The predicted molar refractivity (Wildman–Crippen MR) is 39.1 cm³/mol. The van der Waals surface area contributed by atoms with E-state index in [0.29, 0.717) is 5.25 Å². The summed E-state index contributed by atoms with van der Waals surface area (Å²) >= 11 is 1.82. The molecule has 1 radical (unpaired) electrons. The van der Waals surface area contributed by atoms with E-state index in [1.807, 2.05) is 17.3 Å². The van der Waals surface area contributed by atoms with Crippen LogP contribution in [0.5, 0.6) is 0 Å².